The van der Waals surface area contributed by atoms with E-state index in [0.29, 0.717) is 27.8 Å². The molecule has 0 aromatic heterocycles. The van der Waals surface area contributed by atoms with Gasteiger partial charge in [0.1, 0.15) is 17.4 Å². The maximum atomic E-state index is 12.6. The average molecular weight is 381 g/mol. The molecule has 5 nitrogen and oxygen atoms in total. The molecule has 1 aromatic carbocycles. The molecule has 25 heavy (non-hydrogen) atoms. The van der Waals surface area contributed by atoms with Crippen LogP contribution in [0.25, 0.3) is 0 Å². The second kappa shape index (κ2) is 8.28. The molecule has 0 amide bonds. The number of nitrogens with two attached hydrogens (primary N) is 1. The van der Waals surface area contributed by atoms with Crippen LogP contribution < -0.4 is 5.73 Å². The van der Waals surface area contributed by atoms with Crippen molar-refractivity contribution in [1.82, 2.24) is 0 Å². The number of carbonyl (C=O) groups is 1. The number of rotatable bonds is 5. The van der Waals surface area contributed by atoms with Crippen LogP contribution in [0.15, 0.2) is 41.0 Å². The number of ether oxygens (including phenoxy) is 2. The van der Waals surface area contributed by atoms with Gasteiger partial charge in [0.2, 0.25) is 5.88 Å². The lowest BCUT2D eigenvalue weighted by Gasteiger charge is -2.28. The van der Waals surface area contributed by atoms with E-state index in [1.165, 1.54) is 0 Å². The highest BCUT2D eigenvalue weighted by Gasteiger charge is 2.37. The molecular formula is C18H18Cl2N2O3. The van der Waals surface area contributed by atoms with Crippen molar-refractivity contribution >= 4 is 29.2 Å². The summed E-state index contributed by atoms with van der Waals surface area (Å²) in [6, 6.07) is 6.98. The molecule has 0 bridgehead atoms. The Morgan fingerprint density at radius 3 is 2.64 bits per heavy atom. The SMILES string of the molecule is CCCC1=C(C(=O)OCC)[C@@H](c2ccc(Cl)c(Cl)c2)C(C#N)=C(N)O1. The van der Waals surface area contributed by atoms with E-state index in [-0.39, 0.29) is 23.6 Å². The van der Waals surface area contributed by atoms with Crippen LogP contribution in [0, 0.1) is 11.3 Å². The summed E-state index contributed by atoms with van der Waals surface area (Å²) in [7, 11) is 0. The summed E-state index contributed by atoms with van der Waals surface area (Å²) in [5.41, 5.74) is 6.96. The molecule has 0 saturated heterocycles. The van der Waals surface area contributed by atoms with Gasteiger partial charge in [0.15, 0.2) is 0 Å². The Kier molecular flexibility index (Phi) is 6.35. The third-order valence-corrected chi connectivity index (χ3v) is 4.49. The molecule has 1 aliphatic heterocycles. The van der Waals surface area contributed by atoms with Gasteiger partial charge in [-0.3, -0.25) is 0 Å². The number of carbonyl (C=O) groups excluding carboxylic acids is 1. The zero-order chi connectivity index (χ0) is 18.6. The molecule has 0 aliphatic carbocycles. The predicted molar refractivity (Wildman–Crippen MR) is 95.7 cm³/mol. The summed E-state index contributed by atoms with van der Waals surface area (Å²) in [4.78, 5) is 12.6. The molecule has 0 saturated carbocycles. The zero-order valence-electron chi connectivity index (χ0n) is 13.9. The molecular weight excluding hydrogens is 363 g/mol. The largest absolute Gasteiger partial charge is 0.463 e. The molecule has 132 valence electrons. The zero-order valence-corrected chi connectivity index (χ0v) is 15.4. The summed E-state index contributed by atoms with van der Waals surface area (Å²) in [5, 5.41) is 10.3. The molecule has 1 aromatic rings. The molecule has 0 spiro atoms. The smallest absolute Gasteiger partial charge is 0.338 e. The van der Waals surface area contributed by atoms with Gasteiger partial charge in [-0.25, -0.2) is 4.79 Å². The van der Waals surface area contributed by atoms with Crippen LogP contribution in [0.1, 0.15) is 38.2 Å². The van der Waals surface area contributed by atoms with Crippen molar-refractivity contribution in [2.24, 2.45) is 5.73 Å². The monoisotopic (exact) mass is 380 g/mol. The molecule has 1 aliphatic rings. The maximum Gasteiger partial charge on any atom is 0.338 e. The van der Waals surface area contributed by atoms with Crippen molar-refractivity contribution in [3.05, 3.63) is 56.6 Å². The minimum Gasteiger partial charge on any atom is -0.463 e. The van der Waals surface area contributed by atoms with Crippen molar-refractivity contribution in [2.75, 3.05) is 6.61 Å². The minimum absolute atomic E-state index is 0.0185. The maximum absolute atomic E-state index is 12.6. The van der Waals surface area contributed by atoms with Crippen molar-refractivity contribution in [1.29, 1.82) is 5.26 Å². The Balaban J connectivity index is 2.68. The van der Waals surface area contributed by atoms with Crippen LogP contribution in [-0.4, -0.2) is 12.6 Å². The van der Waals surface area contributed by atoms with E-state index in [0.717, 1.165) is 6.42 Å². The first-order valence-electron chi connectivity index (χ1n) is 7.87. The Morgan fingerprint density at radius 1 is 1.36 bits per heavy atom. The van der Waals surface area contributed by atoms with Crippen molar-refractivity contribution in [3.8, 4) is 6.07 Å². The van der Waals surface area contributed by atoms with Crippen LogP contribution in [0.2, 0.25) is 10.0 Å². The number of esters is 1. The molecule has 1 heterocycles. The fourth-order valence-electron chi connectivity index (χ4n) is 2.69. The highest BCUT2D eigenvalue weighted by Crippen LogP contribution is 2.42. The number of hydrogen-bond donors (Lipinski definition) is 1. The van der Waals surface area contributed by atoms with E-state index < -0.39 is 11.9 Å². The molecule has 7 heteroatoms. The molecule has 0 unspecified atom stereocenters. The quantitative estimate of drug-likeness (QED) is 0.764. The van der Waals surface area contributed by atoms with Gasteiger partial charge in [-0.2, -0.15) is 5.26 Å². The lowest BCUT2D eigenvalue weighted by atomic mass is 9.82. The van der Waals surface area contributed by atoms with E-state index in [9.17, 15) is 10.1 Å². The first-order valence-corrected chi connectivity index (χ1v) is 8.62. The highest BCUT2D eigenvalue weighted by atomic mass is 35.5. The van der Waals surface area contributed by atoms with Crippen molar-refractivity contribution in [3.63, 3.8) is 0 Å². The minimum atomic E-state index is -0.714. The Morgan fingerprint density at radius 2 is 2.08 bits per heavy atom. The summed E-state index contributed by atoms with van der Waals surface area (Å²) in [6.45, 7) is 3.87. The first kappa shape index (κ1) is 19.2. The Hall–Kier alpha value is -2.16. The highest BCUT2D eigenvalue weighted by molar-refractivity contribution is 6.42. The molecule has 0 radical (unpaired) electrons. The number of halogens is 2. The Labute approximate surface area is 156 Å². The van der Waals surface area contributed by atoms with Crippen LogP contribution >= 0.6 is 23.2 Å². The fourth-order valence-corrected chi connectivity index (χ4v) is 3.00. The summed E-state index contributed by atoms with van der Waals surface area (Å²) in [6.07, 6.45) is 1.23. The first-order chi connectivity index (χ1) is 11.9. The standard InChI is InChI=1S/C18H18Cl2N2O3/c1-3-5-14-16(18(23)24-4-2)15(11(9-21)17(22)25-14)10-6-7-12(19)13(20)8-10/h6-8,15H,3-5,22H2,1-2H3/t15-/m0/s1. The van der Waals surface area contributed by atoms with E-state index in [2.05, 4.69) is 0 Å². The summed E-state index contributed by atoms with van der Waals surface area (Å²) in [5.74, 6) is -0.861. The van der Waals surface area contributed by atoms with Crippen LogP contribution in [0.5, 0.6) is 0 Å². The van der Waals surface area contributed by atoms with E-state index >= 15 is 0 Å². The van der Waals surface area contributed by atoms with Crippen molar-refractivity contribution in [2.45, 2.75) is 32.6 Å². The normalized spacial score (nSPS) is 17.2. The third kappa shape index (κ3) is 3.92. The lowest BCUT2D eigenvalue weighted by Crippen LogP contribution is -2.26. The van der Waals surface area contributed by atoms with Crippen LogP contribution in [0.3, 0.4) is 0 Å². The lowest BCUT2D eigenvalue weighted by molar-refractivity contribution is -0.139. The number of hydrogen-bond acceptors (Lipinski definition) is 5. The second-order valence-corrected chi connectivity index (χ2v) is 6.22. The summed E-state index contributed by atoms with van der Waals surface area (Å²) >= 11 is 12.1. The average Bonchev–Trinajstić information content (AvgIpc) is 2.57. The van der Waals surface area contributed by atoms with Gasteiger partial charge < -0.3 is 15.2 Å². The molecule has 0 fully saturated rings. The number of nitriles is 1. The van der Waals surface area contributed by atoms with E-state index in [4.69, 9.17) is 38.4 Å². The topological polar surface area (TPSA) is 85.3 Å². The fraction of sp³-hybridized carbons (Fsp3) is 0.333. The van der Waals surface area contributed by atoms with Gasteiger partial charge in [-0.1, -0.05) is 36.2 Å². The van der Waals surface area contributed by atoms with Gasteiger partial charge in [0.25, 0.3) is 0 Å². The predicted octanol–water partition coefficient (Wildman–Crippen LogP) is 4.42. The van der Waals surface area contributed by atoms with Crippen LogP contribution in [-0.2, 0) is 14.3 Å². The second-order valence-electron chi connectivity index (χ2n) is 5.41. The number of benzene rings is 1. The van der Waals surface area contributed by atoms with Gasteiger partial charge in [0.05, 0.1) is 28.1 Å². The van der Waals surface area contributed by atoms with Gasteiger partial charge in [0, 0.05) is 6.42 Å². The van der Waals surface area contributed by atoms with Gasteiger partial charge in [-0.05, 0) is 31.0 Å². The number of allylic oxidation sites excluding steroid dienone is 2. The molecule has 2 rings (SSSR count). The van der Waals surface area contributed by atoms with Crippen molar-refractivity contribution < 1.29 is 14.3 Å². The molecule has 2 N–H and O–H groups in total. The van der Waals surface area contributed by atoms with Crippen LogP contribution in [0.4, 0.5) is 0 Å². The van der Waals surface area contributed by atoms with E-state index in [1.54, 1.807) is 25.1 Å². The van der Waals surface area contributed by atoms with Gasteiger partial charge in [-0.15, -0.1) is 0 Å². The summed E-state index contributed by atoms with van der Waals surface area (Å²) < 4.78 is 10.8. The number of nitrogens with zero attached hydrogens (tertiary/aromatic N) is 1. The third-order valence-electron chi connectivity index (χ3n) is 3.75. The Bertz CT molecular complexity index is 794. The molecule has 1 atom stereocenters. The van der Waals surface area contributed by atoms with E-state index in [1.807, 2.05) is 13.0 Å². The van der Waals surface area contributed by atoms with Gasteiger partial charge >= 0.3 is 5.97 Å².